The van der Waals surface area contributed by atoms with Crippen molar-refractivity contribution in [2.75, 3.05) is 46.5 Å². The Morgan fingerprint density at radius 3 is 2.65 bits per heavy atom. The summed E-state index contributed by atoms with van der Waals surface area (Å²) < 4.78 is 39.5. The van der Waals surface area contributed by atoms with Crippen molar-refractivity contribution in [1.82, 2.24) is 9.03 Å². The van der Waals surface area contributed by atoms with Crippen LogP contribution in [0.1, 0.15) is 19.3 Å². The maximum absolute atomic E-state index is 12.3. The van der Waals surface area contributed by atoms with Gasteiger partial charge in [0, 0.05) is 39.8 Å². The van der Waals surface area contributed by atoms with Crippen LogP contribution in [0, 0.1) is 5.92 Å². The van der Waals surface area contributed by atoms with Gasteiger partial charge >= 0.3 is 0 Å². The average Bonchev–Trinajstić information content (AvgIpc) is 2.95. The van der Waals surface area contributed by atoms with E-state index in [1.54, 1.807) is 7.11 Å². The van der Waals surface area contributed by atoms with Crippen LogP contribution in [-0.4, -0.2) is 64.8 Å². The van der Waals surface area contributed by atoms with Gasteiger partial charge in [0.1, 0.15) is 5.60 Å². The van der Waals surface area contributed by atoms with Crippen molar-refractivity contribution in [3.05, 3.63) is 0 Å². The number of piperidine rings is 1. The molecule has 8 heteroatoms. The quantitative estimate of drug-likeness (QED) is 0.676. The van der Waals surface area contributed by atoms with Gasteiger partial charge in [-0.1, -0.05) is 0 Å². The average molecular weight is 307 g/mol. The van der Waals surface area contributed by atoms with Crippen LogP contribution in [0.2, 0.25) is 0 Å². The number of nitrogens with two attached hydrogens (primary N) is 1. The molecular weight excluding hydrogens is 282 g/mol. The van der Waals surface area contributed by atoms with E-state index in [-0.39, 0.29) is 6.54 Å². The van der Waals surface area contributed by atoms with E-state index in [1.165, 1.54) is 4.31 Å². The number of hydrogen-bond acceptors (Lipinski definition) is 5. The maximum Gasteiger partial charge on any atom is 0.279 e. The molecule has 2 heterocycles. The lowest BCUT2D eigenvalue weighted by Crippen LogP contribution is -2.51. The van der Waals surface area contributed by atoms with Gasteiger partial charge in [-0.05, 0) is 25.3 Å². The second-order valence-corrected chi connectivity index (χ2v) is 7.35. The van der Waals surface area contributed by atoms with Crippen LogP contribution in [0.25, 0.3) is 0 Å². The summed E-state index contributed by atoms with van der Waals surface area (Å²) in [5.41, 5.74) is 5.10. The van der Waals surface area contributed by atoms with Gasteiger partial charge in [0.25, 0.3) is 10.2 Å². The molecule has 0 radical (unpaired) electrons. The van der Waals surface area contributed by atoms with Gasteiger partial charge in [-0.2, -0.15) is 17.4 Å². The van der Waals surface area contributed by atoms with Crippen molar-refractivity contribution in [2.45, 2.75) is 24.9 Å². The molecule has 0 aliphatic carbocycles. The zero-order chi connectivity index (χ0) is 14.6. The number of ether oxygens (including phenoxy) is 2. The predicted molar refractivity (Wildman–Crippen MR) is 75.4 cm³/mol. The van der Waals surface area contributed by atoms with Crippen LogP contribution in [0.3, 0.4) is 0 Å². The molecular formula is C12H25N3O4S. The summed E-state index contributed by atoms with van der Waals surface area (Å²) in [6, 6.07) is 0. The molecule has 118 valence electrons. The molecule has 2 aliphatic heterocycles. The van der Waals surface area contributed by atoms with Crippen LogP contribution in [0.5, 0.6) is 0 Å². The summed E-state index contributed by atoms with van der Waals surface area (Å²) in [7, 11) is -1.85. The third kappa shape index (κ3) is 3.69. The molecule has 0 aromatic rings. The van der Waals surface area contributed by atoms with E-state index in [4.69, 9.17) is 15.2 Å². The summed E-state index contributed by atoms with van der Waals surface area (Å²) in [6.45, 7) is 2.99. The fraction of sp³-hybridized carbons (Fsp3) is 1.00. The Hall–Kier alpha value is -0.250. The third-order valence-electron chi connectivity index (χ3n) is 4.32. The maximum atomic E-state index is 12.3. The van der Waals surface area contributed by atoms with Crippen molar-refractivity contribution < 1.29 is 17.9 Å². The lowest BCUT2D eigenvalue weighted by molar-refractivity contribution is -0.0123. The lowest BCUT2D eigenvalue weighted by atomic mass is 9.99. The number of rotatable bonds is 6. The number of nitrogens with zero attached hydrogens (tertiary/aromatic N) is 1. The molecule has 3 N–H and O–H groups in total. The molecule has 0 saturated carbocycles. The molecule has 1 atom stereocenters. The first-order valence-electron chi connectivity index (χ1n) is 7.09. The summed E-state index contributed by atoms with van der Waals surface area (Å²) in [6.07, 6.45) is 2.37. The first kappa shape index (κ1) is 16.1. The van der Waals surface area contributed by atoms with Crippen LogP contribution in [0.4, 0.5) is 0 Å². The van der Waals surface area contributed by atoms with Crippen molar-refractivity contribution in [2.24, 2.45) is 11.7 Å². The first-order valence-corrected chi connectivity index (χ1v) is 8.53. The fourth-order valence-corrected chi connectivity index (χ4v) is 3.98. The lowest BCUT2D eigenvalue weighted by Gasteiger charge is -2.32. The zero-order valence-corrected chi connectivity index (χ0v) is 12.8. The summed E-state index contributed by atoms with van der Waals surface area (Å²) in [4.78, 5) is 0. The highest BCUT2D eigenvalue weighted by atomic mass is 32.2. The van der Waals surface area contributed by atoms with Crippen molar-refractivity contribution in [3.8, 4) is 0 Å². The molecule has 0 aromatic heterocycles. The van der Waals surface area contributed by atoms with Gasteiger partial charge in [-0.15, -0.1) is 0 Å². The summed E-state index contributed by atoms with van der Waals surface area (Å²) in [5, 5.41) is 0. The Kier molecular flexibility index (Phi) is 5.38. The molecule has 2 aliphatic rings. The summed E-state index contributed by atoms with van der Waals surface area (Å²) in [5.74, 6) is 0.440. The highest BCUT2D eigenvalue weighted by molar-refractivity contribution is 7.87. The molecule has 0 bridgehead atoms. The van der Waals surface area contributed by atoms with Crippen LogP contribution in [0.15, 0.2) is 0 Å². The van der Waals surface area contributed by atoms with Gasteiger partial charge < -0.3 is 15.2 Å². The van der Waals surface area contributed by atoms with Crippen molar-refractivity contribution in [3.63, 3.8) is 0 Å². The van der Waals surface area contributed by atoms with E-state index in [0.29, 0.717) is 45.2 Å². The van der Waals surface area contributed by atoms with Crippen LogP contribution < -0.4 is 10.5 Å². The van der Waals surface area contributed by atoms with Crippen LogP contribution in [-0.2, 0) is 19.7 Å². The van der Waals surface area contributed by atoms with Gasteiger partial charge in [-0.3, -0.25) is 0 Å². The highest BCUT2D eigenvalue weighted by Crippen LogP contribution is 2.23. The molecule has 7 nitrogen and oxygen atoms in total. The normalized spacial score (nSPS) is 29.9. The van der Waals surface area contributed by atoms with E-state index in [9.17, 15) is 8.42 Å². The third-order valence-corrected chi connectivity index (χ3v) is 5.88. The van der Waals surface area contributed by atoms with E-state index < -0.39 is 15.8 Å². The largest absolute Gasteiger partial charge is 0.378 e. The zero-order valence-electron chi connectivity index (χ0n) is 12.0. The molecule has 0 aromatic carbocycles. The Morgan fingerprint density at radius 2 is 2.15 bits per heavy atom. The molecule has 2 fully saturated rings. The minimum absolute atomic E-state index is 0.253. The van der Waals surface area contributed by atoms with Gasteiger partial charge in [0.05, 0.1) is 6.61 Å². The Bertz CT molecular complexity index is 401. The Balaban J connectivity index is 1.88. The second-order valence-electron chi connectivity index (χ2n) is 5.59. The van der Waals surface area contributed by atoms with Crippen LogP contribution >= 0.6 is 0 Å². The molecule has 20 heavy (non-hydrogen) atoms. The van der Waals surface area contributed by atoms with Gasteiger partial charge in [-0.25, -0.2) is 0 Å². The van der Waals surface area contributed by atoms with Gasteiger partial charge in [0.15, 0.2) is 0 Å². The first-order chi connectivity index (χ1) is 9.51. The number of methoxy groups -OCH3 is 1. The Labute approximate surface area is 121 Å². The molecule has 2 saturated heterocycles. The minimum Gasteiger partial charge on any atom is -0.378 e. The number of nitrogens with one attached hydrogen (secondary N) is 1. The van der Waals surface area contributed by atoms with E-state index in [1.807, 2.05) is 0 Å². The highest BCUT2D eigenvalue weighted by Gasteiger charge is 2.37. The van der Waals surface area contributed by atoms with E-state index in [2.05, 4.69) is 4.72 Å². The molecule has 0 spiro atoms. The van der Waals surface area contributed by atoms with Gasteiger partial charge in [0.2, 0.25) is 0 Å². The van der Waals surface area contributed by atoms with Crippen molar-refractivity contribution >= 4 is 10.2 Å². The second kappa shape index (κ2) is 6.67. The smallest absolute Gasteiger partial charge is 0.279 e. The standard InChI is InChI=1S/C12H25N3O4S/c1-18-12(4-7-19-10-12)9-14-20(16,17)15-5-2-11(8-13)3-6-15/h11,14H,2-10,13H2,1H3. The topological polar surface area (TPSA) is 93.9 Å². The Morgan fingerprint density at radius 1 is 1.45 bits per heavy atom. The predicted octanol–water partition coefficient (Wildman–Crippen LogP) is -0.703. The SMILES string of the molecule is COC1(CNS(=O)(=O)N2CCC(CN)CC2)CCOC1. The summed E-state index contributed by atoms with van der Waals surface area (Å²) >= 11 is 0. The molecule has 2 rings (SSSR count). The number of hydrogen-bond donors (Lipinski definition) is 2. The van der Waals surface area contributed by atoms with E-state index in [0.717, 1.165) is 12.8 Å². The monoisotopic (exact) mass is 307 g/mol. The minimum atomic E-state index is -3.44. The fourth-order valence-electron chi connectivity index (χ4n) is 2.66. The van der Waals surface area contributed by atoms with E-state index >= 15 is 0 Å². The van der Waals surface area contributed by atoms with Crippen molar-refractivity contribution in [1.29, 1.82) is 0 Å². The molecule has 1 unspecified atom stereocenters. The molecule has 0 amide bonds.